The molecule has 2 aromatic rings. The van der Waals surface area contributed by atoms with E-state index in [1.165, 1.54) is 6.07 Å². The highest BCUT2D eigenvalue weighted by Crippen LogP contribution is 2.27. The molecule has 0 bridgehead atoms. The molecular formula is C15H12BrFN2. The maximum Gasteiger partial charge on any atom is 0.137 e. The lowest BCUT2D eigenvalue weighted by atomic mass is 10.1. The van der Waals surface area contributed by atoms with E-state index in [2.05, 4.69) is 27.3 Å². The Hall–Kier alpha value is -1.86. The quantitative estimate of drug-likeness (QED) is 0.861. The summed E-state index contributed by atoms with van der Waals surface area (Å²) in [6, 6.07) is 10.8. The number of rotatable bonds is 2. The number of nitriles is 1. The van der Waals surface area contributed by atoms with Gasteiger partial charge in [0.25, 0.3) is 0 Å². The van der Waals surface area contributed by atoms with Gasteiger partial charge in [0.1, 0.15) is 5.82 Å². The Morgan fingerprint density at radius 1 is 1.16 bits per heavy atom. The van der Waals surface area contributed by atoms with E-state index in [1.54, 1.807) is 12.1 Å². The smallest absolute Gasteiger partial charge is 0.137 e. The van der Waals surface area contributed by atoms with E-state index in [0.717, 1.165) is 22.5 Å². The van der Waals surface area contributed by atoms with Crippen LogP contribution in [0.1, 0.15) is 16.7 Å². The van der Waals surface area contributed by atoms with Gasteiger partial charge in [-0.3, -0.25) is 0 Å². The van der Waals surface area contributed by atoms with Gasteiger partial charge in [-0.2, -0.15) is 5.26 Å². The van der Waals surface area contributed by atoms with Crippen LogP contribution in [0, 0.1) is 31.0 Å². The molecule has 0 spiro atoms. The molecule has 2 aromatic carbocycles. The molecule has 0 aliphatic rings. The molecule has 0 aromatic heterocycles. The molecule has 0 aliphatic heterocycles. The molecule has 2 rings (SSSR count). The fourth-order valence-electron chi connectivity index (χ4n) is 1.80. The van der Waals surface area contributed by atoms with Gasteiger partial charge in [-0.25, -0.2) is 4.39 Å². The fourth-order valence-corrected chi connectivity index (χ4v) is 2.15. The number of hydrogen-bond acceptors (Lipinski definition) is 2. The number of benzene rings is 2. The van der Waals surface area contributed by atoms with Crippen molar-refractivity contribution in [3.63, 3.8) is 0 Å². The lowest BCUT2D eigenvalue weighted by molar-refractivity contribution is 0.620. The average Bonchev–Trinajstić information content (AvgIpc) is 2.36. The second-order valence-corrected chi connectivity index (χ2v) is 5.20. The molecule has 96 valence electrons. The number of nitrogens with one attached hydrogen (secondary N) is 1. The summed E-state index contributed by atoms with van der Waals surface area (Å²) in [5.41, 5.74) is 4.09. The van der Waals surface area contributed by atoms with Gasteiger partial charge >= 0.3 is 0 Å². The lowest BCUT2D eigenvalue weighted by Crippen LogP contribution is -1.96. The third-order valence-corrected chi connectivity index (χ3v) is 3.50. The van der Waals surface area contributed by atoms with Crippen molar-refractivity contribution in [3.05, 3.63) is 57.3 Å². The van der Waals surface area contributed by atoms with Gasteiger partial charge < -0.3 is 5.32 Å². The minimum Gasteiger partial charge on any atom is -0.355 e. The Kier molecular flexibility index (Phi) is 3.87. The highest BCUT2D eigenvalue weighted by Gasteiger charge is 2.06. The maximum absolute atomic E-state index is 13.4. The summed E-state index contributed by atoms with van der Waals surface area (Å²) in [6.45, 7) is 3.73. The van der Waals surface area contributed by atoms with Gasteiger partial charge in [0.05, 0.1) is 16.1 Å². The van der Waals surface area contributed by atoms with E-state index >= 15 is 0 Å². The molecule has 4 heteroatoms. The molecule has 0 radical (unpaired) electrons. The fraction of sp³-hybridized carbons (Fsp3) is 0.133. The summed E-state index contributed by atoms with van der Waals surface area (Å²) in [6.07, 6.45) is 0. The van der Waals surface area contributed by atoms with Crippen molar-refractivity contribution in [2.45, 2.75) is 13.8 Å². The van der Waals surface area contributed by atoms with Crippen LogP contribution in [-0.2, 0) is 0 Å². The molecular weight excluding hydrogens is 307 g/mol. The molecule has 0 unspecified atom stereocenters. The molecule has 0 heterocycles. The van der Waals surface area contributed by atoms with E-state index in [-0.39, 0.29) is 5.82 Å². The topological polar surface area (TPSA) is 35.8 Å². The summed E-state index contributed by atoms with van der Waals surface area (Å²) < 4.78 is 13.8. The van der Waals surface area contributed by atoms with Crippen LogP contribution >= 0.6 is 15.9 Å². The predicted octanol–water partition coefficient (Wildman–Crippen LogP) is 4.82. The van der Waals surface area contributed by atoms with Crippen LogP contribution in [0.25, 0.3) is 0 Å². The first-order valence-electron chi connectivity index (χ1n) is 5.74. The Balaban J connectivity index is 2.34. The molecule has 0 fully saturated rings. The number of nitrogens with zero attached hydrogens (tertiary/aromatic N) is 1. The monoisotopic (exact) mass is 318 g/mol. The summed E-state index contributed by atoms with van der Waals surface area (Å²) in [7, 11) is 0. The van der Waals surface area contributed by atoms with E-state index in [9.17, 15) is 4.39 Å². The second kappa shape index (κ2) is 5.41. The van der Waals surface area contributed by atoms with Gasteiger partial charge in [0, 0.05) is 11.4 Å². The van der Waals surface area contributed by atoms with Crippen LogP contribution in [0.5, 0.6) is 0 Å². The third kappa shape index (κ3) is 2.94. The SMILES string of the molecule is Cc1cc(Nc2cc(Br)c(F)cc2C)ccc1C#N. The summed E-state index contributed by atoms with van der Waals surface area (Å²) in [5, 5.41) is 12.1. The van der Waals surface area contributed by atoms with Crippen molar-refractivity contribution >= 4 is 27.3 Å². The molecule has 1 N–H and O–H groups in total. The maximum atomic E-state index is 13.4. The largest absolute Gasteiger partial charge is 0.355 e. The third-order valence-electron chi connectivity index (χ3n) is 2.89. The Bertz CT molecular complexity index is 675. The Labute approximate surface area is 120 Å². The van der Waals surface area contributed by atoms with Gasteiger partial charge in [-0.1, -0.05) is 0 Å². The van der Waals surface area contributed by atoms with Crippen molar-refractivity contribution in [3.8, 4) is 6.07 Å². The number of aryl methyl sites for hydroxylation is 2. The van der Waals surface area contributed by atoms with Gasteiger partial charge in [-0.15, -0.1) is 0 Å². The standard InChI is InChI=1S/C15H12BrFN2/c1-9-5-12(4-3-11(9)8-18)19-15-7-13(16)14(17)6-10(15)2/h3-7,19H,1-2H3. The van der Waals surface area contributed by atoms with Crippen LogP contribution in [0.3, 0.4) is 0 Å². The summed E-state index contributed by atoms with van der Waals surface area (Å²) >= 11 is 3.17. The highest BCUT2D eigenvalue weighted by molar-refractivity contribution is 9.10. The normalized spacial score (nSPS) is 10.1. The Morgan fingerprint density at radius 3 is 2.53 bits per heavy atom. The molecule has 19 heavy (non-hydrogen) atoms. The predicted molar refractivity (Wildman–Crippen MR) is 78.0 cm³/mol. The second-order valence-electron chi connectivity index (χ2n) is 4.35. The summed E-state index contributed by atoms with van der Waals surface area (Å²) in [4.78, 5) is 0. The summed E-state index contributed by atoms with van der Waals surface area (Å²) in [5.74, 6) is -0.279. The van der Waals surface area contributed by atoms with Gasteiger partial charge in [0.15, 0.2) is 0 Å². The van der Waals surface area contributed by atoms with Crippen LogP contribution in [0.15, 0.2) is 34.8 Å². The van der Waals surface area contributed by atoms with E-state index in [0.29, 0.717) is 10.0 Å². The van der Waals surface area contributed by atoms with Crippen molar-refractivity contribution in [2.75, 3.05) is 5.32 Å². The molecule has 0 atom stereocenters. The number of hydrogen-bond donors (Lipinski definition) is 1. The first kappa shape index (κ1) is 13.6. The molecule has 0 saturated carbocycles. The van der Waals surface area contributed by atoms with Crippen LogP contribution in [0.2, 0.25) is 0 Å². The zero-order chi connectivity index (χ0) is 14.0. The van der Waals surface area contributed by atoms with Crippen molar-refractivity contribution in [1.29, 1.82) is 5.26 Å². The van der Waals surface area contributed by atoms with E-state index in [1.807, 2.05) is 26.0 Å². The van der Waals surface area contributed by atoms with Crippen molar-refractivity contribution in [2.24, 2.45) is 0 Å². The lowest BCUT2D eigenvalue weighted by Gasteiger charge is -2.11. The van der Waals surface area contributed by atoms with Crippen LogP contribution in [-0.4, -0.2) is 0 Å². The van der Waals surface area contributed by atoms with Crippen LogP contribution in [0.4, 0.5) is 15.8 Å². The first-order valence-corrected chi connectivity index (χ1v) is 6.54. The number of anilines is 2. The minimum absolute atomic E-state index is 0.279. The molecule has 0 amide bonds. The van der Waals surface area contributed by atoms with E-state index in [4.69, 9.17) is 5.26 Å². The van der Waals surface area contributed by atoms with Gasteiger partial charge in [-0.05, 0) is 71.2 Å². The zero-order valence-corrected chi connectivity index (χ0v) is 12.2. The van der Waals surface area contributed by atoms with Crippen LogP contribution < -0.4 is 5.32 Å². The average molecular weight is 319 g/mol. The highest BCUT2D eigenvalue weighted by atomic mass is 79.9. The van der Waals surface area contributed by atoms with Crippen molar-refractivity contribution < 1.29 is 4.39 Å². The zero-order valence-electron chi connectivity index (χ0n) is 10.6. The minimum atomic E-state index is -0.279. The molecule has 0 saturated heterocycles. The number of halogens is 2. The first-order chi connectivity index (χ1) is 9.01. The van der Waals surface area contributed by atoms with Crippen molar-refractivity contribution in [1.82, 2.24) is 0 Å². The molecule has 0 aliphatic carbocycles. The van der Waals surface area contributed by atoms with E-state index < -0.39 is 0 Å². The van der Waals surface area contributed by atoms with Gasteiger partial charge in [0.2, 0.25) is 0 Å². The molecule has 2 nitrogen and oxygen atoms in total. The Morgan fingerprint density at radius 2 is 1.89 bits per heavy atom.